The van der Waals surface area contributed by atoms with Crippen LogP contribution in [-0.2, 0) is 14.3 Å². The predicted molar refractivity (Wildman–Crippen MR) is 96.8 cm³/mol. The number of hydrogen-bond donors (Lipinski definition) is 2. The summed E-state index contributed by atoms with van der Waals surface area (Å²) in [5.74, 6) is -0.154. The van der Waals surface area contributed by atoms with Crippen molar-refractivity contribution >= 4 is 23.6 Å². The van der Waals surface area contributed by atoms with Crippen LogP contribution in [0.15, 0.2) is 10.6 Å². The van der Waals surface area contributed by atoms with Crippen molar-refractivity contribution in [2.75, 3.05) is 26.2 Å². The van der Waals surface area contributed by atoms with Crippen molar-refractivity contribution in [3.63, 3.8) is 0 Å². The monoisotopic (exact) mass is 368 g/mol. The summed E-state index contributed by atoms with van der Waals surface area (Å²) < 4.78 is 5.25. The molecule has 0 aromatic heterocycles. The number of ether oxygens (including phenoxy) is 1. The van der Waals surface area contributed by atoms with Crippen molar-refractivity contribution in [1.29, 1.82) is 0 Å². The first-order chi connectivity index (χ1) is 12.1. The number of nitrogens with one attached hydrogen (secondary N) is 1. The molecule has 0 aromatic rings. The Morgan fingerprint density at radius 1 is 1.24 bits per heavy atom. The number of aliphatic hydroxyl groups is 1. The van der Waals surface area contributed by atoms with E-state index in [0.29, 0.717) is 41.8 Å². The lowest BCUT2D eigenvalue weighted by molar-refractivity contribution is -0.139. The number of piperidine rings is 1. The number of likely N-dealkylation sites (tertiary alicyclic amines) is 1. The second-order valence-corrected chi connectivity index (χ2v) is 8.32. The van der Waals surface area contributed by atoms with Gasteiger partial charge in [0, 0.05) is 24.3 Å². The summed E-state index contributed by atoms with van der Waals surface area (Å²) in [6.07, 6.45) is 5.57. The molecule has 2 heterocycles. The molecule has 1 aliphatic carbocycles. The van der Waals surface area contributed by atoms with Crippen LogP contribution in [0.4, 0.5) is 0 Å². The number of thioether (sulfide) groups is 1. The Hall–Kier alpha value is -1.05. The van der Waals surface area contributed by atoms with Gasteiger partial charge in [-0.1, -0.05) is 12.8 Å². The maximum absolute atomic E-state index is 12.5. The summed E-state index contributed by atoms with van der Waals surface area (Å²) in [5.41, 5.74) is 0.680. The van der Waals surface area contributed by atoms with Crippen LogP contribution in [0.5, 0.6) is 0 Å². The minimum atomic E-state index is -0.277. The number of fused-ring (bicyclic) bond motifs is 1. The van der Waals surface area contributed by atoms with Gasteiger partial charge >= 0.3 is 5.97 Å². The van der Waals surface area contributed by atoms with E-state index in [1.807, 2.05) is 6.92 Å². The van der Waals surface area contributed by atoms with Gasteiger partial charge in [0.15, 0.2) is 0 Å². The van der Waals surface area contributed by atoms with E-state index in [2.05, 4.69) is 10.2 Å². The van der Waals surface area contributed by atoms with E-state index in [-0.39, 0.29) is 23.9 Å². The van der Waals surface area contributed by atoms with Crippen molar-refractivity contribution in [1.82, 2.24) is 10.2 Å². The summed E-state index contributed by atoms with van der Waals surface area (Å²) in [4.78, 5) is 27.0. The maximum atomic E-state index is 12.5. The molecule has 2 unspecified atom stereocenters. The Morgan fingerprint density at radius 3 is 2.68 bits per heavy atom. The van der Waals surface area contributed by atoms with E-state index < -0.39 is 0 Å². The summed E-state index contributed by atoms with van der Waals surface area (Å²) >= 11 is 1.64. The number of carbonyl (C=O) groups is 2. The third-order valence-corrected chi connectivity index (χ3v) is 6.68. The standard InChI is InChI=1S/C18H28N2O4S/c1-2-24-18(23)16-13-5-3-4-6-14(13)25-17(16)19-15(22)11-20-9-7-12(21)8-10-20/h12-14,21H,2-11H2,1H3,(H,19,22). The van der Waals surface area contributed by atoms with Crippen molar-refractivity contribution in [2.45, 2.75) is 56.8 Å². The Morgan fingerprint density at radius 2 is 1.96 bits per heavy atom. The molecule has 3 rings (SSSR count). The molecule has 2 N–H and O–H groups in total. The molecule has 2 aliphatic heterocycles. The molecule has 0 spiro atoms. The highest BCUT2D eigenvalue weighted by molar-refractivity contribution is 8.04. The van der Waals surface area contributed by atoms with Crippen LogP contribution in [0.1, 0.15) is 45.4 Å². The minimum absolute atomic E-state index is 0.0839. The second-order valence-electron chi connectivity index (χ2n) is 7.07. The molecular formula is C18H28N2O4S. The van der Waals surface area contributed by atoms with E-state index in [1.54, 1.807) is 11.8 Å². The van der Waals surface area contributed by atoms with Gasteiger partial charge in [0.1, 0.15) is 0 Å². The molecule has 25 heavy (non-hydrogen) atoms. The first-order valence-corrected chi connectivity index (χ1v) is 10.2. The third kappa shape index (κ3) is 4.57. The number of hydrogen-bond acceptors (Lipinski definition) is 6. The lowest BCUT2D eigenvalue weighted by Crippen LogP contribution is -2.42. The molecule has 1 saturated heterocycles. The normalized spacial score (nSPS) is 27.9. The first kappa shape index (κ1) is 18.7. The van der Waals surface area contributed by atoms with Crippen LogP contribution in [0.3, 0.4) is 0 Å². The highest BCUT2D eigenvalue weighted by Gasteiger charge is 2.41. The molecule has 1 saturated carbocycles. The SMILES string of the molecule is CCOC(=O)C1=C(NC(=O)CN2CCC(O)CC2)SC2CCCCC12. The molecular weight excluding hydrogens is 340 g/mol. The highest BCUT2D eigenvalue weighted by atomic mass is 32.2. The Kier molecular flexibility index (Phi) is 6.41. The molecule has 2 atom stereocenters. The summed E-state index contributed by atoms with van der Waals surface area (Å²) in [6.45, 7) is 3.93. The fourth-order valence-corrected chi connectivity index (χ4v) is 5.51. The first-order valence-electron chi connectivity index (χ1n) is 9.36. The van der Waals surface area contributed by atoms with Gasteiger partial charge in [0.05, 0.1) is 29.9 Å². The molecule has 3 aliphatic rings. The number of nitrogens with zero attached hydrogens (tertiary/aromatic N) is 1. The van der Waals surface area contributed by atoms with E-state index in [4.69, 9.17) is 4.74 Å². The summed E-state index contributed by atoms with van der Waals surface area (Å²) in [6, 6.07) is 0. The predicted octanol–water partition coefficient (Wildman–Crippen LogP) is 1.64. The maximum Gasteiger partial charge on any atom is 0.336 e. The van der Waals surface area contributed by atoms with Gasteiger partial charge in [0.25, 0.3) is 0 Å². The van der Waals surface area contributed by atoms with E-state index in [9.17, 15) is 14.7 Å². The average molecular weight is 368 g/mol. The van der Waals surface area contributed by atoms with Crippen LogP contribution in [0.25, 0.3) is 0 Å². The quantitative estimate of drug-likeness (QED) is 0.718. The molecule has 1 amide bonds. The third-order valence-electron chi connectivity index (χ3n) is 5.26. The van der Waals surface area contributed by atoms with Crippen LogP contribution in [0.2, 0.25) is 0 Å². The molecule has 2 fully saturated rings. The molecule has 0 bridgehead atoms. The zero-order valence-electron chi connectivity index (χ0n) is 14.8. The fraction of sp³-hybridized carbons (Fsp3) is 0.778. The van der Waals surface area contributed by atoms with E-state index in [0.717, 1.165) is 32.4 Å². The van der Waals surface area contributed by atoms with E-state index >= 15 is 0 Å². The molecule has 6 nitrogen and oxygen atoms in total. The van der Waals surface area contributed by atoms with Gasteiger partial charge < -0.3 is 15.2 Å². The Bertz CT molecular complexity index is 543. The molecule has 0 aromatic carbocycles. The minimum Gasteiger partial charge on any atom is -0.463 e. The Balaban J connectivity index is 1.65. The van der Waals surface area contributed by atoms with Crippen LogP contribution < -0.4 is 5.32 Å². The smallest absolute Gasteiger partial charge is 0.336 e. The zero-order chi connectivity index (χ0) is 17.8. The largest absolute Gasteiger partial charge is 0.463 e. The number of esters is 1. The lowest BCUT2D eigenvalue weighted by atomic mass is 9.84. The lowest BCUT2D eigenvalue weighted by Gasteiger charge is -2.28. The zero-order valence-corrected chi connectivity index (χ0v) is 15.6. The highest BCUT2D eigenvalue weighted by Crippen LogP contribution is 2.48. The van der Waals surface area contributed by atoms with Crippen molar-refractivity contribution < 1.29 is 19.4 Å². The van der Waals surface area contributed by atoms with Crippen molar-refractivity contribution in [2.24, 2.45) is 5.92 Å². The number of carbonyl (C=O) groups excluding carboxylic acids is 2. The summed E-state index contributed by atoms with van der Waals surface area (Å²) in [5, 5.41) is 13.6. The number of amides is 1. The molecule has 140 valence electrons. The van der Waals surface area contributed by atoms with Gasteiger partial charge in [-0.25, -0.2) is 4.79 Å². The van der Waals surface area contributed by atoms with Crippen molar-refractivity contribution in [3.8, 4) is 0 Å². The number of rotatable bonds is 5. The van der Waals surface area contributed by atoms with Gasteiger partial charge in [-0.2, -0.15) is 0 Å². The van der Waals surface area contributed by atoms with Crippen LogP contribution in [-0.4, -0.2) is 59.5 Å². The van der Waals surface area contributed by atoms with E-state index in [1.165, 1.54) is 6.42 Å². The molecule has 0 radical (unpaired) electrons. The van der Waals surface area contributed by atoms with Gasteiger partial charge in [-0.15, -0.1) is 11.8 Å². The van der Waals surface area contributed by atoms with Gasteiger partial charge in [-0.05, 0) is 32.6 Å². The van der Waals surface area contributed by atoms with Gasteiger partial charge in [-0.3, -0.25) is 9.69 Å². The van der Waals surface area contributed by atoms with Crippen LogP contribution in [0, 0.1) is 5.92 Å². The van der Waals surface area contributed by atoms with Crippen molar-refractivity contribution in [3.05, 3.63) is 10.6 Å². The fourth-order valence-electron chi connectivity index (χ4n) is 3.95. The average Bonchev–Trinajstić information content (AvgIpc) is 2.95. The number of aliphatic hydroxyl groups excluding tert-OH is 1. The van der Waals surface area contributed by atoms with Gasteiger partial charge in [0.2, 0.25) is 5.91 Å². The van der Waals surface area contributed by atoms with Crippen LogP contribution >= 0.6 is 11.8 Å². The molecule has 7 heteroatoms. The summed E-state index contributed by atoms with van der Waals surface area (Å²) in [7, 11) is 0. The topological polar surface area (TPSA) is 78.9 Å². The second kappa shape index (κ2) is 8.56. The Labute approximate surface area is 153 Å².